The van der Waals surface area contributed by atoms with Gasteiger partial charge in [-0.05, 0) is 30.9 Å². The van der Waals surface area contributed by atoms with Gasteiger partial charge in [0.2, 0.25) is 0 Å². The zero-order chi connectivity index (χ0) is 7.56. The molecule has 10 heavy (non-hydrogen) atoms. The Labute approximate surface area is 62.4 Å². The monoisotopic (exact) mass is 138 g/mol. The number of hydrogen-bond donors (Lipinski definition) is 0. The third-order valence-corrected chi connectivity index (χ3v) is 2.08. The van der Waals surface area contributed by atoms with E-state index in [4.69, 9.17) is 4.74 Å². The van der Waals surface area contributed by atoms with Crippen molar-refractivity contribution in [1.82, 2.24) is 0 Å². The van der Waals surface area contributed by atoms with Gasteiger partial charge < -0.3 is 4.74 Å². The number of allylic oxidation sites excluding steroid dienone is 3. The summed E-state index contributed by atoms with van der Waals surface area (Å²) < 4.78 is 5.19. The molecule has 0 aliphatic heterocycles. The second kappa shape index (κ2) is 2.91. The first kappa shape index (κ1) is 7.39. The summed E-state index contributed by atoms with van der Waals surface area (Å²) in [7, 11) is 1.73. The maximum Gasteiger partial charge on any atom is 0.0987 e. The minimum Gasteiger partial charge on any atom is -0.501 e. The summed E-state index contributed by atoms with van der Waals surface area (Å²) in [6, 6.07) is 0. The Hall–Kier alpha value is -0.720. The van der Waals surface area contributed by atoms with E-state index in [-0.39, 0.29) is 0 Å². The highest BCUT2D eigenvalue weighted by Crippen LogP contribution is 2.27. The minimum absolute atomic E-state index is 1.08. The quantitative estimate of drug-likeness (QED) is 0.541. The van der Waals surface area contributed by atoms with Crippen molar-refractivity contribution in [2.45, 2.75) is 26.2 Å². The molecule has 1 rings (SSSR count). The smallest absolute Gasteiger partial charge is 0.0987 e. The molecule has 0 aromatic rings. The van der Waals surface area contributed by atoms with Crippen LogP contribution in [0.5, 0.6) is 0 Å². The molecule has 0 aromatic carbocycles. The van der Waals surface area contributed by atoms with Crippen molar-refractivity contribution in [3.63, 3.8) is 0 Å². The van der Waals surface area contributed by atoms with Crippen molar-refractivity contribution >= 4 is 0 Å². The molecule has 1 aliphatic rings. The standard InChI is InChI=1S/C9H14O/c1-7-5-4-6-9(10-3)8(7)2/h1,4-6H2,2-3H3. The molecule has 0 fully saturated rings. The topological polar surface area (TPSA) is 9.23 Å². The fourth-order valence-electron chi connectivity index (χ4n) is 1.29. The van der Waals surface area contributed by atoms with Gasteiger partial charge in [0.15, 0.2) is 0 Å². The van der Waals surface area contributed by atoms with Crippen molar-refractivity contribution in [2.75, 3.05) is 7.11 Å². The number of hydrogen-bond acceptors (Lipinski definition) is 1. The summed E-state index contributed by atoms with van der Waals surface area (Å²) in [6.45, 7) is 6.04. The predicted octanol–water partition coefficient (Wildman–Crippen LogP) is 2.65. The molecule has 1 heteroatoms. The molecular formula is C9H14O. The van der Waals surface area contributed by atoms with Gasteiger partial charge in [-0.1, -0.05) is 6.58 Å². The lowest BCUT2D eigenvalue weighted by Gasteiger charge is -2.18. The van der Waals surface area contributed by atoms with E-state index in [2.05, 4.69) is 13.5 Å². The Morgan fingerprint density at radius 1 is 1.40 bits per heavy atom. The summed E-state index contributed by atoms with van der Waals surface area (Å²) >= 11 is 0. The van der Waals surface area contributed by atoms with Gasteiger partial charge in [-0.2, -0.15) is 0 Å². The van der Waals surface area contributed by atoms with E-state index in [1.807, 2.05) is 0 Å². The average molecular weight is 138 g/mol. The number of rotatable bonds is 1. The van der Waals surface area contributed by atoms with Gasteiger partial charge in [-0.15, -0.1) is 0 Å². The maximum atomic E-state index is 5.19. The molecule has 0 atom stereocenters. The third-order valence-electron chi connectivity index (χ3n) is 2.08. The van der Waals surface area contributed by atoms with Crippen LogP contribution in [0, 0.1) is 0 Å². The molecule has 0 saturated heterocycles. The Morgan fingerprint density at radius 3 is 2.60 bits per heavy atom. The van der Waals surface area contributed by atoms with Crippen LogP contribution in [0.2, 0.25) is 0 Å². The van der Waals surface area contributed by atoms with Gasteiger partial charge >= 0.3 is 0 Å². The van der Waals surface area contributed by atoms with E-state index < -0.39 is 0 Å². The van der Waals surface area contributed by atoms with E-state index >= 15 is 0 Å². The van der Waals surface area contributed by atoms with E-state index in [1.165, 1.54) is 17.6 Å². The van der Waals surface area contributed by atoms with Crippen LogP contribution in [0.25, 0.3) is 0 Å². The van der Waals surface area contributed by atoms with Gasteiger partial charge in [-0.3, -0.25) is 0 Å². The van der Waals surface area contributed by atoms with Crippen LogP contribution in [0.4, 0.5) is 0 Å². The predicted molar refractivity (Wildman–Crippen MR) is 42.7 cm³/mol. The lowest BCUT2D eigenvalue weighted by atomic mass is 9.95. The van der Waals surface area contributed by atoms with Crippen molar-refractivity contribution < 1.29 is 4.74 Å². The Morgan fingerprint density at radius 2 is 2.10 bits per heavy atom. The number of ether oxygens (including phenoxy) is 1. The molecule has 1 nitrogen and oxygen atoms in total. The highest BCUT2D eigenvalue weighted by Gasteiger charge is 2.11. The molecule has 0 unspecified atom stereocenters. The summed E-state index contributed by atoms with van der Waals surface area (Å²) in [6.07, 6.45) is 3.42. The largest absolute Gasteiger partial charge is 0.501 e. The normalized spacial score (nSPS) is 19.6. The highest BCUT2D eigenvalue weighted by atomic mass is 16.5. The summed E-state index contributed by atoms with van der Waals surface area (Å²) in [5.41, 5.74) is 2.50. The lowest BCUT2D eigenvalue weighted by Crippen LogP contribution is -2.01. The molecule has 0 N–H and O–H groups in total. The molecule has 1 aliphatic carbocycles. The first-order valence-corrected chi connectivity index (χ1v) is 3.67. The fraction of sp³-hybridized carbons (Fsp3) is 0.556. The van der Waals surface area contributed by atoms with E-state index in [1.54, 1.807) is 7.11 Å². The van der Waals surface area contributed by atoms with Crippen molar-refractivity contribution in [3.05, 3.63) is 23.5 Å². The van der Waals surface area contributed by atoms with Gasteiger partial charge in [-0.25, -0.2) is 0 Å². The summed E-state index contributed by atoms with van der Waals surface area (Å²) in [5, 5.41) is 0. The zero-order valence-corrected chi connectivity index (χ0v) is 6.74. The van der Waals surface area contributed by atoms with Crippen LogP contribution in [0.1, 0.15) is 26.2 Å². The second-order valence-corrected chi connectivity index (χ2v) is 2.71. The average Bonchev–Trinajstić information content (AvgIpc) is 1.95. The van der Waals surface area contributed by atoms with E-state index in [9.17, 15) is 0 Å². The molecule has 0 heterocycles. The zero-order valence-electron chi connectivity index (χ0n) is 6.74. The number of methoxy groups -OCH3 is 1. The van der Waals surface area contributed by atoms with Gasteiger partial charge in [0.25, 0.3) is 0 Å². The fourth-order valence-corrected chi connectivity index (χ4v) is 1.29. The Kier molecular flexibility index (Phi) is 2.15. The molecule has 0 bridgehead atoms. The van der Waals surface area contributed by atoms with Crippen LogP contribution >= 0.6 is 0 Å². The van der Waals surface area contributed by atoms with Crippen LogP contribution < -0.4 is 0 Å². The molecule has 0 saturated carbocycles. The van der Waals surface area contributed by atoms with Crippen molar-refractivity contribution in [1.29, 1.82) is 0 Å². The summed E-state index contributed by atoms with van der Waals surface area (Å²) in [5.74, 6) is 1.12. The van der Waals surface area contributed by atoms with Crippen molar-refractivity contribution in [2.24, 2.45) is 0 Å². The molecule has 0 amide bonds. The second-order valence-electron chi connectivity index (χ2n) is 2.71. The van der Waals surface area contributed by atoms with Gasteiger partial charge in [0.1, 0.15) is 0 Å². The third kappa shape index (κ3) is 1.23. The minimum atomic E-state index is 1.08. The SMILES string of the molecule is C=C1CCCC(OC)=C1C. The molecule has 56 valence electrons. The van der Waals surface area contributed by atoms with Crippen LogP contribution in [-0.2, 0) is 4.74 Å². The molecule has 0 aromatic heterocycles. The first-order valence-electron chi connectivity index (χ1n) is 3.67. The summed E-state index contributed by atoms with van der Waals surface area (Å²) in [4.78, 5) is 0. The lowest BCUT2D eigenvalue weighted by molar-refractivity contribution is 0.266. The maximum absolute atomic E-state index is 5.19. The van der Waals surface area contributed by atoms with Crippen LogP contribution in [-0.4, -0.2) is 7.11 Å². The molecular weight excluding hydrogens is 124 g/mol. The molecule has 0 radical (unpaired) electrons. The van der Waals surface area contributed by atoms with E-state index in [0.717, 1.165) is 18.6 Å². The molecule has 0 spiro atoms. The van der Waals surface area contributed by atoms with Crippen LogP contribution in [0.15, 0.2) is 23.5 Å². The Balaban J connectivity index is 2.82. The van der Waals surface area contributed by atoms with Crippen molar-refractivity contribution in [3.8, 4) is 0 Å². The van der Waals surface area contributed by atoms with Crippen LogP contribution in [0.3, 0.4) is 0 Å². The Bertz CT molecular complexity index is 177. The van der Waals surface area contributed by atoms with Gasteiger partial charge in [0, 0.05) is 6.42 Å². The van der Waals surface area contributed by atoms with E-state index in [0.29, 0.717) is 0 Å². The highest BCUT2D eigenvalue weighted by molar-refractivity contribution is 5.31. The first-order chi connectivity index (χ1) is 4.75. The van der Waals surface area contributed by atoms with Gasteiger partial charge in [0.05, 0.1) is 12.9 Å².